The van der Waals surface area contributed by atoms with E-state index in [2.05, 4.69) is 19.7 Å². The summed E-state index contributed by atoms with van der Waals surface area (Å²) in [5.41, 5.74) is 2.34. The van der Waals surface area contributed by atoms with Gasteiger partial charge >= 0.3 is 16.3 Å². The third-order valence-electron chi connectivity index (χ3n) is 3.66. The molecular formula is C18H21N5O4S. The molecule has 10 heteroatoms. The second-order valence-electron chi connectivity index (χ2n) is 7.09. The number of ether oxygens (including phenoxy) is 1. The lowest BCUT2D eigenvalue weighted by Gasteiger charge is -2.19. The summed E-state index contributed by atoms with van der Waals surface area (Å²) in [6, 6.07) is 9.16. The zero-order valence-electron chi connectivity index (χ0n) is 15.7. The third-order valence-corrected chi connectivity index (χ3v) is 4.62. The molecule has 28 heavy (non-hydrogen) atoms. The van der Waals surface area contributed by atoms with Crippen LogP contribution in [0.25, 0.3) is 22.3 Å². The number of hydrogen-bond donors (Lipinski definition) is 3. The van der Waals surface area contributed by atoms with E-state index in [1.54, 1.807) is 39.1 Å². The highest BCUT2D eigenvalue weighted by molar-refractivity contribution is 7.88. The molecule has 0 aliphatic rings. The molecule has 0 saturated carbocycles. The van der Waals surface area contributed by atoms with Crippen LogP contribution in [0.4, 0.5) is 4.79 Å². The molecule has 148 valence electrons. The zero-order chi connectivity index (χ0) is 20.4. The number of carbonyl (C=O) groups is 1. The molecule has 1 aromatic carbocycles. The quantitative estimate of drug-likeness (QED) is 0.601. The van der Waals surface area contributed by atoms with E-state index < -0.39 is 21.9 Å². The Morgan fingerprint density at radius 3 is 2.54 bits per heavy atom. The van der Waals surface area contributed by atoms with Crippen molar-refractivity contribution in [1.82, 2.24) is 24.4 Å². The number of nitrogens with one attached hydrogen (secondary N) is 3. The monoisotopic (exact) mass is 403 g/mol. The van der Waals surface area contributed by atoms with E-state index in [1.165, 1.54) is 6.33 Å². The Labute approximate surface area is 162 Å². The minimum absolute atomic E-state index is 0.0156. The average molecular weight is 403 g/mol. The summed E-state index contributed by atoms with van der Waals surface area (Å²) in [4.78, 5) is 23.1. The van der Waals surface area contributed by atoms with Crippen LogP contribution in [-0.4, -0.2) is 35.1 Å². The summed E-state index contributed by atoms with van der Waals surface area (Å²) in [6.07, 6.45) is 2.25. The molecular weight excluding hydrogens is 382 g/mol. The number of hydrogen-bond acceptors (Lipinski definition) is 6. The maximum atomic E-state index is 12.0. The fraction of sp³-hybridized carbons (Fsp3) is 0.278. The first kappa shape index (κ1) is 19.8. The van der Waals surface area contributed by atoms with E-state index >= 15 is 0 Å². The van der Waals surface area contributed by atoms with Crippen molar-refractivity contribution < 1.29 is 17.9 Å². The number of carbonyl (C=O) groups excluding carboxylic acids is 1. The Bertz CT molecular complexity index is 1090. The average Bonchev–Trinajstić information content (AvgIpc) is 3.07. The minimum atomic E-state index is -4.03. The molecule has 9 nitrogen and oxygen atoms in total. The summed E-state index contributed by atoms with van der Waals surface area (Å²) in [6.45, 7) is 4.95. The van der Waals surface area contributed by atoms with Crippen LogP contribution in [0.1, 0.15) is 26.3 Å². The van der Waals surface area contributed by atoms with Gasteiger partial charge in [-0.2, -0.15) is 13.1 Å². The van der Waals surface area contributed by atoms with Gasteiger partial charge in [0.05, 0.1) is 5.69 Å². The predicted octanol–water partition coefficient (Wildman–Crippen LogP) is 2.48. The zero-order valence-corrected chi connectivity index (χ0v) is 16.5. The van der Waals surface area contributed by atoms with Gasteiger partial charge in [0, 0.05) is 23.7 Å². The molecule has 0 aliphatic heterocycles. The number of benzene rings is 1. The maximum Gasteiger partial charge on any atom is 0.422 e. The third kappa shape index (κ3) is 5.05. The Kier molecular flexibility index (Phi) is 5.34. The Balaban J connectivity index is 1.65. The number of nitrogens with zero attached hydrogens (tertiary/aromatic N) is 2. The van der Waals surface area contributed by atoms with Gasteiger partial charge in [0.15, 0.2) is 0 Å². The first-order valence-electron chi connectivity index (χ1n) is 8.51. The van der Waals surface area contributed by atoms with Gasteiger partial charge in [-0.1, -0.05) is 24.3 Å². The van der Waals surface area contributed by atoms with Crippen molar-refractivity contribution in [2.45, 2.75) is 32.9 Å². The van der Waals surface area contributed by atoms with Crippen molar-refractivity contribution >= 4 is 27.3 Å². The first-order chi connectivity index (χ1) is 13.1. The van der Waals surface area contributed by atoms with E-state index in [4.69, 9.17) is 4.74 Å². The molecule has 3 aromatic rings. The molecule has 0 fully saturated rings. The van der Waals surface area contributed by atoms with Crippen LogP contribution in [-0.2, 0) is 21.5 Å². The second-order valence-corrected chi connectivity index (χ2v) is 8.59. The molecule has 0 aliphatic carbocycles. The van der Waals surface area contributed by atoms with E-state index in [1.807, 2.05) is 22.9 Å². The molecule has 0 unspecified atom stereocenters. The first-order valence-corrected chi connectivity index (χ1v) is 9.99. The van der Waals surface area contributed by atoms with E-state index in [9.17, 15) is 13.2 Å². The minimum Gasteiger partial charge on any atom is -0.443 e. The van der Waals surface area contributed by atoms with Gasteiger partial charge in [0.25, 0.3) is 0 Å². The van der Waals surface area contributed by atoms with Crippen molar-refractivity contribution in [2.24, 2.45) is 0 Å². The molecule has 3 rings (SSSR count). The number of fused-ring (bicyclic) bond motifs is 1. The lowest BCUT2D eigenvalue weighted by atomic mass is 10.1. The highest BCUT2D eigenvalue weighted by Crippen LogP contribution is 2.24. The highest BCUT2D eigenvalue weighted by atomic mass is 32.2. The Morgan fingerprint density at radius 2 is 1.86 bits per heavy atom. The number of amides is 1. The standard InChI is InChI=1S/C18H21N5O4S/c1-18(2,3)27-17(24)23-28(25,26)22-10-12-4-6-13(7-5-12)15-14-8-9-19-16(14)21-11-20-15/h4-9,11,22H,10H2,1-3H3,(H,23,24)(H,19,20,21). The van der Waals surface area contributed by atoms with Crippen LogP contribution < -0.4 is 9.44 Å². The highest BCUT2D eigenvalue weighted by Gasteiger charge is 2.21. The number of rotatable bonds is 5. The normalized spacial score (nSPS) is 12.1. The van der Waals surface area contributed by atoms with Crippen LogP contribution in [0.5, 0.6) is 0 Å². The summed E-state index contributed by atoms with van der Waals surface area (Å²) in [7, 11) is -4.03. The van der Waals surface area contributed by atoms with E-state index in [-0.39, 0.29) is 6.54 Å². The van der Waals surface area contributed by atoms with Gasteiger partial charge in [0.2, 0.25) is 0 Å². The van der Waals surface area contributed by atoms with Gasteiger partial charge in [-0.3, -0.25) is 0 Å². The van der Waals surface area contributed by atoms with Crippen molar-refractivity contribution in [3.8, 4) is 11.3 Å². The lowest BCUT2D eigenvalue weighted by Crippen LogP contribution is -2.42. The van der Waals surface area contributed by atoms with Gasteiger partial charge in [-0.25, -0.2) is 19.5 Å². The Hall–Kier alpha value is -2.98. The molecule has 3 N–H and O–H groups in total. The second kappa shape index (κ2) is 7.56. The summed E-state index contributed by atoms with van der Waals surface area (Å²) < 4.78 is 33.0. The summed E-state index contributed by atoms with van der Waals surface area (Å²) in [5.74, 6) is 0. The molecule has 1 amide bonds. The van der Waals surface area contributed by atoms with Crippen LogP contribution >= 0.6 is 0 Å². The van der Waals surface area contributed by atoms with Crippen molar-refractivity contribution in [3.63, 3.8) is 0 Å². The van der Waals surface area contributed by atoms with Crippen molar-refractivity contribution in [1.29, 1.82) is 0 Å². The van der Waals surface area contributed by atoms with Crippen LogP contribution in [0.3, 0.4) is 0 Å². The fourth-order valence-electron chi connectivity index (χ4n) is 2.51. The summed E-state index contributed by atoms with van der Waals surface area (Å²) >= 11 is 0. The molecule has 0 radical (unpaired) electrons. The largest absolute Gasteiger partial charge is 0.443 e. The van der Waals surface area contributed by atoms with Crippen LogP contribution in [0.15, 0.2) is 42.9 Å². The van der Waals surface area contributed by atoms with Gasteiger partial charge in [-0.15, -0.1) is 0 Å². The molecule has 0 atom stereocenters. The molecule has 0 saturated heterocycles. The maximum absolute atomic E-state index is 12.0. The smallest absolute Gasteiger partial charge is 0.422 e. The van der Waals surface area contributed by atoms with Gasteiger partial charge in [0.1, 0.15) is 17.6 Å². The molecule has 0 spiro atoms. The SMILES string of the molecule is CC(C)(C)OC(=O)NS(=O)(=O)NCc1ccc(-c2ncnc3[nH]ccc23)cc1. The topological polar surface area (TPSA) is 126 Å². The molecule has 2 heterocycles. The molecule has 0 bridgehead atoms. The van der Waals surface area contributed by atoms with Crippen molar-refractivity contribution in [2.75, 3.05) is 0 Å². The van der Waals surface area contributed by atoms with E-state index in [0.29, 0.717) is 0 Å². The Morgan fingerprint density at radius 1 is 1.14 bits per heavy atom. The number of aromatic nitrogens is 3. The molecule has 2 aromatic heterocycles. The lowest BCUT2D eigenvalue weighted by molar-refractivity contribution is 0.0569. The number of aromatic amines is 1. The fourth-order valence-corrected chi connectivity index (χ4v) is 3.20. The van der Waals surface area contributed by atoms with Crippen LogP contribution in [0, 0.1) is 0 Å². The van der Waals surface area contributed by atoms with Gasteiger partial charge in [-0.05, 0) is 32.4 Å². The van der Waals surface area contributed by atoms with Gasteiger partial charge < -0.3 is 9.72 Å². The summed E-state index contributed by atoms with van der Waals surface area (Å²) in [5, 5.41) is 0.900. The predicted molar refractivity (Wildman–Crippen MR) is 104 cm³/mol. The number of H-pyrrole nitrogens is 1. The van der Waals surface area contributed by atoms with E-state index in [0.717, 1.165) is 27.9 Å². The van der Waals surface area contributed by atoms with Crippen molar-refractivity contribution in [3.05, 3.63) is 48.4 Å². The van der Waals surface area contributed by atoms with Crippen LogP contribution in [0.2, 0.25) is 0 Å².